The third kappa shape index (κ3) is 7.16. The minimum Gasteiger partial charge on any atom is -0.468 e. The Morgan fingerprint density at radius 3 is 1.97 bits per heavy atom. The fourth-order valence-electron chi connectivity index (χ4n) is 3.07. The Kier molecular flexibility index (Phi) is 8.76. The molecule has 0 aliphatic rings. The number of hydrogen-bond acceptors (Lipinski definition) is 7. The van der Waals surface area contributed by atoms with Crippen LogP contribution >= 0.6 is 0 Å². The fraction of sp³-hybridized carbons (Fsp3) is 0.200. The molecule has 2 aromatic carbocycles. The molecule has 1 heterocycles. The standard InChI is InChI=1S/C25H24FN5O5/c1-15-9-17(5-8-19(15)26)12-28-25(35)21-10-20(30-14-31-21)24(34)27-11-16-3-6-18(7-4-16)23(33)29-13-22(32)36-2/h3-10,14H,11-13H2,1-2H3,(H,27,34)(H,28,35)(H,29,33). The van der Waals surface area contributed by atoms with Crippen LogP contribution in [0.4, 0.5) is 4.39 Å². The molecule has 0 fully saturated rings. The summed E-state index contributed by atoms with van der Waals surface area (Å²) in [5, 5.41) is 7.80. The number of methoxy groups -OCH3 is 1. The van der Waals surface area contributed by atoms with E-state index in [4.69, 9.17) is 0 Å². The first kappa shape index (κ1) is 25.9. The number of nitrogens with one attached hydrogen (secondary N) is 3. The summed E-state index contributed by atoms with van der Waals surface area (Å²) in [6, 6.07) is 12.2. The third-order valence-corrected chi connectivity index (χ3v) is 5.10. The van der Waals surface area contributed by atoms with E-state index >= 15 is 0 Å². The fourth-order valence-corrected chi connectivity index (χ4v) is 3.07. The van der Waals surface area contributed by atoms with E-state index < -0.39 is 23.7 Å². The van der Waals surface area contributed by atoms with Gasteiger partial charge in [-0.3, -0.25) is 19.2 Å². The first-order valence-electron chi connectivity index (χ1n) is 10.8. The number of aryl methyl sites for hydroxylation is 1. The highest BCUT2D eigenvalue weighted by molar-refractivity contribution is 5.97. The molecule has 0 bridgehead atoms. The smallest absolute Gasteiger partial charge is 0.325 e. The summed E-state index contributed by atoms with van der Waals surface area (Å²) >= 11 is 0. The van der Waals surface area contributed by atoms with Crippen LogP contribution in [0.2, 0.25) is 0 Å². The van der Waals surface area contributed by atoms with Gasteiger partial charge in [0.15, 0.2) is 0 Å². The lowest BCUT2D eigenvalue weighted by Gasteiger charge is -2.08. The summed E-state index contributed by atoms with van der Waals surface area (Å²) in [5.74, 6) is -2.34. The summed E-state index contributed by atoms with van der Waals surface area (Å²) in [5.41, 5.74) is 2.27. The topological polar surface area (TPSA) is 139 Å². The van der Waals surface area contributed by atoms with Gasteiger partial charge in [-0.15, -0.1) is 0 Å². The number of halogens is 1. The Morgan fingerprint density at radius 1 is 0.806 bits per heavy atom. The van der Waals surface area contributed by atoms with Gasteiger partial charge in [-0.1, -0.05) is 24.3 Å². The van der Waals surface area contributed by atoms with Crippen LogP contribution in [0.5, 0.6) is 0 Å². The van der Waals surface area contributed by atoms with E-state index in [1.807, 2.05) is 0 Å². The number of nitrogens with zero attached hydrogens (tertiary/aromatic N) is 2. The molecule has 0 spiro atoms. The molecule has 10 nitrogen and oxygen atoms in total. The van der Waals surface area contributed by atoms with Crippen LogP contribution in [-0.4, -0.2) is 47.3 Å². The number of aromatic nitrogens is 2. The summed E-state index contributed by atoms with van der Waals surface area (Å²) in [7, 11) is 1.23. The maximum Gasteiger partial charge on any atom is 0.325 e. The lowest BCUT2D eigenvalue weighted by atomic mass is 10.1. The average molecular weight is 493 g/mol. The molecule has 0 unspecified atom stereocenters. The maximum absolute atomic E-state index is 13.4. The zero-order valence-corrected chi connectivity index (χ0v) is 19.6. The van der Waals surface area contributed by atoms with Crippen LogP contribution in [-0.2, 0) is 22.6 Å². The molecule has 0 radical (unpaired) electrons. The molecule has 3 N–H and O–H groups in total. The van der Waals surface area contributed by atoms with Crippen molar-refractivity contribution in [3.63, 3.8) is 0 Å². The van der Waals surface area contributed by atoms with Crippen molar-refractivity contribution < 1.29 is 28.3 Å². The first-order chi connectivity index (χ1) is 17.3. The molecular weight excluding hydrogens is 469 g/mol. The van der Waals surface area contributed by atoms with E-state index in [9.17, 15) is 23.6 Å². The van der Waals surface area contributed by atoms with Gasteiger partial charge in [0.1, 0.15) is 30.1 Å². The summed E-state index contributed by atoms with van der Waals surface area (Å²) in [6.07, 6.45) is 1.12. The van der Waals surface area contributed by atoms with Crippen LogP contribution in [0.1, 0.15) is 48.0 Å². The zero-order valence-electron chi connectivity index (χ0n) is 19.6. The second-order valence-electron chi connectivity index (χ2n) is 7.69. The van der Waals surface area contributed by atoms with Gasteiger partial charge in [-0.2, -0.15) is 0 Å². The van der Waals surface area contributed by atoms with E-state index in [0.717, 1.165) is 17.5 Å². The molecule has 11 heteroatoms. The quantitative estimate of drug-likeness (QED) is 0.386. The largest absolute Gasteiger partial charge is 0.468 e. The third-order valence-electron chi connectivity index (χ3n) is 5.10. The Labute approximate surface area is 206 Å². The predicted octanol–water partition coefficient (Wildman–Crippen LogP) is 1.69. The van der Waals surface area contributed by atoms with Gasteiger partial charge in [-0.05, 0) is 41.8 Å². The van der Waals surface area contributed by atoms with Crippen LogP contribution in [0.15, 0.2) is 54.9 Å². The molecule has 3 amide bonds. The maximum atomic E-state index is 13.4. The van der Waals surface area contributed by atoms with Crippen molar-refractivity contribution in [2.45, 2.75) is 20.0 Å². The number of amides is 3. The zero-order chi connectivity index (χ0) is 26.1. The summed E-state index contributed by atoms with van der Waals surface area (Å²) in [4.78, 5) is 55.9. The monoisotopic (exact) mass is 493 g/mol. The number of carbonyl (C=O) groups is 4. The van der Waals surface area contributed by atoms with E-state index in [2.05, 4.69) is 30.7 Å². The van der Waals surface area contributed by atoms with Gasteiger partial charge in [0.05, 0.1) is 7.11 Å². The van der Waals surface area contributed by atoms with Gasteiger partial charge in [0.2, 0.25) is 0 Å². The molecule has 0 aliphatic heterocycles. The number of ether oxygens (including phenoxy) is 1. The number of benzene rings is 2. The second-order valence-corrected chi connectivity index (χ2v) is 7.69. The van der Waals surface area contributed by atoms with Crippen LogP contribution in [0, 0.1) is 12.7 Å². The van der Waals surface area contributed by atoms with Crippen LogP contribution < -0.4 is 16.0 Å². The van der Waals surface area contributed by atoms with E-state index in [1.54, 1.807) is 43.3 Å². The van der Waals surface area contributed by atoms with Crippen LogP contribution in [0.25, 0.3) is 0 Å². The molecule has 186 valence electrons. The van der Waals surface area contributed by atoms with Crippen molar-refractivity contribution in [1.29, 1.82) is 0 Å². The molecule has 3 rings (SSSR count). The van der Waals surface area contributed by atoms with Crippen molar-refractivity contribution in [2.24, 2.45) is 0 Å². The minimum absolute atomic E-state index is 0.00610. The van der Waals surface area contributed by atoms with Gasteiger partial charge < -0.3 is 20.7 Å². The van der Waals surface area contributed by atoms with Crippen molar-refractivity contribution in [2.75, 3.05) is 13.7 Å². The second kappa shape index (κ2) is 12.2. The SMILES string of the molecule is COC(=O)CNC(=O)c1ccc(CNC(=O)c2cc(C(=O)NCc3ccc(F)c(C)c3)ncn2)cc1. The molecule has 0 saturated carbocycles. The van der Waals surface area contributed by atoms with E-state index in [-0.39, 0.29) is 36.8 Å². The Balaban J connectivity index is 1.53. The van der Waals surface area contributed by atoms with E-state index in [1.165, 1.54) is 19.2 Å². The number of carbonyl (C=O) groups excluding carboxylic acids is 4. The highest BCUT2D eigenvalue weighted by Gasteiger charge is 2.14. The Hall–Kier alpha value is -4.67. The normalized spacial score (nSPS) is 10.3. The molecule has 0 atom stereocenters. The van der Waals surface area contributed by atoms with Gasteiger partial charge in [0, 0.05) is 24.7 Å². The van der Waals surface area contributed by atoms with Gasteiger partial charge in [-0.25, -0.2) is 14.4 Å². The van der Waals surface area contributed by atoms with Crippen LogP contribution in [0.3, 0.4) is 0 Å². The predicted molar refractivity (Wildman–Crippen MR) is 126 cm³/mol. The first-order valence-corrected chi connectivity index (χ1v) is 10.8. The Morgan fingerprint density at radius 2 is 1.39 bits per heavy atom. The molecule has 36 heavy (non-hydrogen) atoms. The average Bonchev–Trinajstić information content (AvgIpc) is 2.90. The Bertz CT molecular complexity index is 1280. The molecule has 1 aromatic heterocycles. The molecule has 0 saturated heterocycles. The molecule has 3 aromatic rings. The molecular formula is C25H24FN5O5. The highest BCUT2D eigenvalue weighted by Crippen LogP contribution is 2.09. The van der Waals surface area contributed by atoms with Gasteiger partial charge in [0.25, 0.3) is 17.7 Å². The minimum atomic E-state index is -0.559. The summed E-state index contributed by atoms with van der Waals surface area (Å²) < 4.78 is 17.9. The lowest BCUT2D eigenvalue weighted by molar-refractivity contribution is -0.139. The van der Waals surface area contributed by atoms with Gasteiger partial charge >= 0.3 is 5.97 Å². The number of rotatable bonds is 9. The summed E-state index contributed by atoms with van der Waals surface area (Å²) in [6.45, 7) is 1.72. The number of esters is 1. The highest BCUT2D eigenvalue weighted by atomic mass is 19.1. The lowest BCUT2D eigenvalue weighted by Crippen LogP contribution is -2.30. The van der Waals surface area contributed by atoms with Crippen molar-refractivity contribution in [3.8, 4) is 0 Å². The van der Waals surface area contributed by atoms with Crippen molar-refractivity contribution in [1.82, 2.24) is 25.9 Å². The number of hydrogen-bond donors (Lipinski definition) is 3. The van der Waals surface area contributed by atoms with E-state index in [0.29, 0.717) is 11.1 Å². The van der Waals surface area contributed by atoms with Crippen molar-refractivity contribution in [3.05, 3.63) is 94.3 Å². The molecule has 0 aliphatic carbocycles. The van der Waals surface area contributed by atoms with Crippen molar-refractivity contribution >= 4 is 23.7 Å².